The number of rotatable bonds is 10. The number of carbonyl (C=O) groups is 1. The highest BCUT2D eigenvalue weighted by Crippen LogP contribution is 2.26. The van der Waals surface area contributed by atoms with E-state index in [0.29, 0.717) is 31.0 Å². The summed E-state index contributed by atoms with van der Waals surface area (Å²) in [6.07, 6.45) is 4.42. The molecule has 0 spiro atoms. The van der Waals surface area contributed by atoms with Crippen molar-refractivity contribution in [3.63, 3.8) is 0 Å². The van der Waals surface area contributed by atoms with Crippen LogP contribution in [0.2, 0.25) is 0 Å². The summed E-state index contributed by atoms with van der Waals surface area (Å²) in [4.78, 5) is 14.8. The fraction of sp³-hybridized carbons (Fsp3) is 0.591. The first-order valence-corrected chi connectivity index (χ1v) is 10.6. The molecule has 1 aromatic carbocycles. The summed E-state index contributed by atoms with van der Waals surface area (Å²) in [7, 11) is 3.24. The maximum atomic E-state index is 12.3. The Kier molecular flexibility index (Phi) is 8.07. The van der Waals surface area contributed by atoms with Gasteiger partial charge in [-0.25, -0.2) is 0 Å². The lowest BCUT2D eigenvalue weighted by atomic mass is 10.0. The normalized spacial score (nSPS) is 15.2. The van der Waals surface area contributed by atoms with E-state index in [1.165, 1.54) is 6.42 Å². The molecular weight excluding hydrogens is 384 g/mol. The highest BCUT2D eigenvalue weighted by molar-refractivity contribution is 5.76. The van der Waals surface area contributed by atoms with Gasteiger partial charge in [0.25, 0.3) is 0 Å². The number of hydrogen-bond acceptors (Lipinski definition) is 7. The lowest BCUT2D eigenvalue weighted by Crippen LogP contribution is -2.44. The zero-order valence-corrected chi connectivity index (χ0v) is 18.1. The molecule has 8 nitrogen and oxygen atoms in total. The van der Waals surface area contributed by atoms with Crippen LogP contribution in [0.3, 0.4) is 0 Å². The van der Waals surface area contributed by atoms with E-state index in [1.54, 1.807) is 14.2 Å². The first-order valence-electron chi connectivity index (χ1n) is 10.6. The van der Waals surface area contributed by atoms with E-state index in [9.17, 15) is 4.79 Å². The smallest absolute Gasteiger partial charge is 0.221 e. The zero-order valence-electron chi connectivity index (χ0n) is 18.1. The van der Waals surface area contributed by atoms with Gasteiger partial charge in [0.15, 0.2) is 0 Å². The number of nitrogens with one attached hydrogen (secondary N) is 1. The highest BCUT2D eigenvalue weighted by Gasteiger charge is 2.20. The minimum absolute atomic E-state index is 0.0400. The molecule has 1 N–H and O–H groups in total. The molecule has 0 radical (unpaired) electrons. The lowest BCUT2D eigenvalue weighted by molar-refractivity contribution is -0.122. The molecular formula is C22H32N4O4. The third kappa shape index (κ3) is 6.19. The van der Waals surface area contributed by atoms with Crippen LogP contribution in [-0.4, -0.2) is 60.9 Å². The van der Waals surface area contributed by atoms with Gasteiger partial charge in [0, 0.05) is 37.5 Å². The van der Waals surface area contributed by atoms with Gasteiger partial charge >= 0.3 is 0 Å². The number of hydrogen-bond donors (Lipinski definition) is 1. The predicted octanol–water partition coefficient (Wildman–Crippen LogP) is 2.60. The van der Waals surface area contributed by atoms with Crippen LogP contribution in [0.5, 0.6) is 11.5 Å². The molecule has 1 amide bonds. The van der Waals surface area contributed by atoms with E-state index < -0.39 is 0 Å². The fourth-order valence-electron chi connectivity index (χ4n) is 3.78. The third-order valence-corrected chi connectivity index (χ3v) is 5.40. The van der Waals surface area contributed by atoms with E-state index in [0.717, 1.165) is 49.5 Å². The van der Waals surface area contributed by atoms with E-state index >= 15 is 0 Å². The first-order chi connectivity index (χ1) is 14.6. The van der Waals surface area contributed by atoms with Crippen LogP contribution in [0, 0.1) is 0 Å². The average Bonchev–Trinajstić information content (AvgIpc) is 3.21. The van der Waals surface area contributed by atoms with Gasteiger partial charge in [-0.2, -0.15) is 0 Å². The second-order valence-corrected chi connectivity index (χ2v) is 7.63. The molecule has 3 rings (SSSR count). The van der Waals surface area contributed by atoms with Crippen molar-refractivity contribution >= 4 is 5.91 Å². The standard InChI is InChI=1S/C22H32N4O4/c1-4-11-26-12-9-17(10-13-26)23-20(27)7-8-21-24-25-22(30-21)15-16-14-18(28-2)5-6-19(16)29-3/h5-6,14,17H,4,7-13,15H2,1-3H3,(H,23,27). The molecule has 1 fully saturated rings. The maximum Gasteiger partial charge on any atom is 0.221 e. The molecule has 30 heavy (non-hydrogen) atoms. The highest BCUT2D eigenvalue weighted by atomic mass is 16.5. The second-order valence-electron chi connectivity index (χ2n) is 7.63. The second kappa shape index (κ2) is 11.0. The molecule has 0 saturated carbocycles. The third-order valence-electron chi connectivity index (χ3n) is 5.40. The van der Waals surface area contributed by atoms with Crippen LogP contribution in [0.15, 0.2) is 22.6 Å². The monoisotopic (exact) mass is 416 g/mol. The zero-order chi connectivity index (χ0) is 21.3. The summed E-state index contributed by atoms with van der Waals surface area (Å²) in [5, 5.41) is 11.3. The van der Waals surface area contributed by atoms with E-state index in [4.69, 9.17) is 13.9 Å². The molecule has 0 atom stereocenters. The molecule has 8 heteroatoms. The Morgan fingerprint density at radius 3 is 2.67 bits per heavy atom. The van der Waals surface area contributed by atoms with Crippen LogP contribution in [0.4, 0.5) is 0 Å². The first kappa shape index (κ1) is 22.1. The van der Waals surface area contributed by atoms with Crippen LogP contribution < -0.4 is 14.8 Å². The van der Waals surface area contributed by atoms with Crippen LogP contribution >= 0.6 is 0 Å². The van der Waals surface area contributed by atoms with Crippen LogP contribution in [0.1, 0.15) is 50.0 Å². The largest absolute Gasteiger partial charge is 0.497 e. The van der Waals surface area contributed by atoms with Gasteiger partial charge in [-0.1, -0.05) is 6.92 Å². The van der Waals surface area contributed by atoms with Crippen molar-refractivity contribution in [1.82, 2.24) is 20.4 Å². The number of ether oxygens (including phenoxy) is 2. The van der Waals surface area contributed by atoms with Crippen molar-refractivity contribution in [2.24, 2.45) is 0 Å². The average molecular weight is 417 g/mol. The van der Waals surface area contributed by atoms with Crippen molar-refractivity contribution in [2.75, 3.05) is 33.9 Å². The van der Waals surface area contributed by atoms with Crippen molar-refractivity contribution in [3.05, 3.63) is 35.5 Å². The predicted molar refractivity (Wildman–Crippen MR) is 113 cm³/mol. The SMILES string of the molecule is CCCN1CCC(NC(=O)CCc2nnc(Cc3cc(OC)ccc3OC)o2)CC1. The summed E-state index contributed by atoms with van der Waals surface area (Å²) in [6.45, 7) is 5.45. The molecule has 1 aromatic heterocycles. The van der Waals surface area contributed by atoms with Crippen molar-refractivity contribution in [3.8, 4) is 11.5 Å². The Bertz CT molecular complexity index is 815. The Hall–Kier alpha value is -2.61. The lowest BCUT2D eigenvalue weighted by Gasteiger charge is -2.32. The summed E-state index contributed by atoms with van der Waals surface area (Å²) in [5.74, 6) is 2.47. The molecule has 2 heterocycles. The number of piperidine rings is 1. The Morgan fingerprint density at radius 2 is 1.97 bits per heavy atom. The number of likely N-dealkylation sites (tertiary alicyclic amines) is 1. The van der Waals surface area contributed by atoms with Gasteiger partial charge in [0.1, 0.15) is 11.5 Å². The summed E-state index contributed by atoms with van der Waals surface area (Å²) in [6, 6.07) is 5.85. The fourth-order valence-corrected chi connectivity index (χ4v) is 3.78. The number of aromatic nitrogens is 2. The van der Waals surface area contributed by atoms with Crippen molar-refractivity contribution in [1.29, 1.82) is 0 Å². The molecule has 1 saturated heterocycles. The van der Waals surface area contributed by atoms with Crippen LogP contribution in [0.25, 0.3) is 0 Å². The van der Waals surface area contributed by atoms with E-state index in [-0.39, 0.29) is 11.9 Å². The van der Waals surface area contributed by atoms with Crippen molar-refractivity contribution in [2.45, 2.75) is 51.5 Å². The van der Waals surface area contributed by atoms with E-state index in [1.807, 2.05) is 18.2 Å². The van der Waals surface area contributed by atoms with Crippen molar-refractivity contribution < 1.29 is 18.7 Å². The number of methoxy groups -OCH3 is 2. The number of carbonyl (C=O) groups excluding carboxylic acids is 1. The van der Waals surface area contributed by atoms with Gasteiger partial charge in [0.2, 0.25) is 17.7 Å². The molecule has 0 unspecified atom stereocenters. The molecule has 2 aromatic rings. The molecule has 0 aliphatic carbocycles. The molecule has 1 aliphatic rings. The Balaban J connectivity index is 1.46. The van der Waals surface area contributed by atoms with Gasteiger partial charge < -0.3 is 24.1 Å². The van der Waals surface area contributed by atoms with Gasteiger partial charge in [-0.15, -0.1) is 10.2 Å². The number of amides is 1. The molecule has 164 valence electrons. The number of nitrogens with zero attached hydrogens (tertiary/aromatic N) is 3. The minimum Gasteiger partial charge on any atom is -0.497 e. The number of benzene rings is 1. The summed E-state index contributed by atoms with van der Waals surface area (Å²) in [5.41, 5.74) is 0.902. The van der Waals surface area contributed by atoms with Gasteiger partial charge in [0.05, 0.1) is 20.6 Å². The van der Waals surface area contributed by atoms with E-state index in [2.05, 4.69) is 27.3 Å². The van der Waals surface area contributed by atoms with Gasteiger partial charge in [-0.3, -0.25) is 4.79 Å². The quantitative estimate of drug-likeness (QED) is 0.637. The Morgan fingerprint density at radius 1 is 1.20 bits per heavy atom. The Labute approximate surface area is 177 Å². The topological polar surface area (TPSA) is 89.7 Å². The van der Waals surface area contributed by atoms with Crippen LogP contribution in [-0.2, 0) is 17.6 Å². The molecule has 1 aliphatic heterocycles. The summed E-state index contributed by atoms with van der Waals surface area (Å²) < 4.78 is 16.4. The number of aryl methyl sites for hydroxylation is 1. The molecule has 0 bridgehead atoms. The van der Waals surface area contributed by atoms with Gasteiger partial charge in [-0.05, 0) is 44.0 Å². The summed E-state index contributed by atoms with van der Waals surface area (Å²) >= 11 is 0. The minimum atomic E-state index is 0.0400. The maximum absolute atomic E-state index is 12.3.